The van der Waals surface area contributed by atoms with Crippen molar-refractivity contribution < 1.29 is 0 Å². The van der Waals surface area contributed by atoms with Crippen LogP contribution in [0.4, 0.5) is 0 Å². The van der Waals surface area contributed by atoms with Gasteiger partial charge in [0.1, 0.15) is 5.82 Å². The van der Waals surface area contributed by atoms with Crippen LogP contribution >= 0.6 is 0 Å². The summed E-state index contributed by atoms with van der Waals surface area (Å²) in [6, 6.07) is 0. The van der Waals surface area contributed by atoms with Gasteiger partial charge >= 0.3 is 0 Å². The number of nitrogens with zero attached hydrogens (tertiary/aromatic N) is 3. The predicted octanol–water partition coefficient (Wildman–Crippen LogP) is 0.343. The van der Waals surface area contributed by atoms with Crippen LogP contribution in [0.3, 0.4) is 0 Å². The molecule has 80 valence electrons. The Kier molecular flexibility index (Phi) is 4.62. The van der Waals surface area contributed by atoms with Crippen molar-refractivity contribution in [2.45, 2.75) is 13.5 Å². The Bertz CT molecular complexity index is 254. The molecular weight excluding hydrogens is 176 g/mol. The summed E-state index contributed by atoms with van der Waals surface area (Å²) in [6.07, 6.45) is 3.86. The Morgan fingerprint density at radius 3 is 2.79 bits per heavy atom. The maximum Gasteiger partial charge on any atom is 0.105 e. The molecule has 0 saturated heterocycles. The Balaban J connectivity index is 2.08. The molecule has 0 saturated carbocycles. The van der Waals surface area contributed by atoms with Crippen LogP contribution in [0.25, 0.3) is 0 Å². The molecule has 1 aromatic heterocycles. The van der Waals surface area contributed by atoms with Gasteiger partial charge in [0.25, 0.3) is 0 Å². The third-order valence-corrected chi connectivity index (χ3v) is 2.19. The zero-order valence-electron chi connectivity index (χ0n) is 9.32. The zero-order chi connectivity index (χ0) is 10.4. The van der Waals surface area contributed by atoms with E-state index in [-0.39, 0.29) is 0 Å². The molecule has 1 rings (SSSR count). The zero-order valence-corrected chi connectivity index (χ0v) is 9.32. The highest BCUT2D eigenvalue weighted by atomic mass is 15.1. The molecule has 0 amide bonds. The standard InChI is InChI=1S/C10H20N4/c1-10-12-6-9-14(10)8-5-11-4-7-13(2)3/h6,9,11H,4-5,7-8H2,1-3H3. The number of aryl methyl sites for hydroxylation is 1. The predicted molar refractivity (Wildman–Crippen MR) is 58.4 cm³/mol. The Morgan fingerprint density at radius 2 is 2.21 bits per heavy atom. The number of nitrogens with one attached hydrogen (secondary N) is 1. The Morgan fingerprint density at radius 1 is 1.43 bits per heavy atom. The van der Waals surface area contributed by atoms with Crippen molar-refractivity contribution >= 4 is 0 Å². The lowest BCUT2D eigenvalue weighted by Gasteiger charge is -2.10. The minimum atomic E-state index is 0.999. The number of rotatable bonds is 6. The lowest BCUT2D eigenvalue weighted by molar-refractivity contribution is 0.397. The van der Waals surface area contributed by atoms with E-state index in [0.29, 0.717) is 0 Å². The molecule has 14 heavy (non-hydrogen) atoms. The first kappa shape index (κ1) is 11.2. The van der Waals surface area contributed by atoms with E-state index < -0.39 is 0 Å². The van der Waals surface area contributed by atoms with Gasteiger partial charge < -0.3 is 14.8 Å². The largest absolute Gasteiger partial charge is 0.334 e. The fraction of sp³-hybridized carbons (Fsp3) is 0.700. The minimum Gasteiger partial charge on any atom is -0.334 e. The summed E-state index contributed by atoms with van der Waals surface area (Å²) >= 11 is 0. The van der Waals surface area contributed by atoms with Crippen LogP contribution in [0, 0.1) is 6.92 Å². The van der Waals surface area contributed by atoms with E-state index in [4.69, 9.17) is 0 Å². The van der Waals surface area contributed by atoms with E-state index in [1.54, 1.807) is 0 Å². The topological polar surface area (TPSA) is 33.1 Å². The first-order chi connectivity index (χ1) is 6.70. The van der Waals surface area contributed by atoms with E-state index in [1.807, 2.05) is 19.3 Å². The van der Waals surface area contributed by atoms with Crippen molar-refractivity contribution in [2.24, 2.45) is 0 Å². The normalized spacial score (nSPS) is 11.1. The van der Waals surface area contributed by atoms with Gasteiger partial charge in [0.05, 0.1) is 0 Å². The summed E-state index contributed by atoms with van der Waals surface area (Å²) in [5.74, 6) is 1.08. The van der Waals surface area contributed by atoms with Gasteiger partial charge in [-0.3, -0.25) is 0 Å². The SMILES string of the molecule is Cc1nccn1CCNCCN(C)C. The molecule has 1 heterocycles. The van der Waals surface area contributed by atoms with Gasteiger partial charge in [-0.1, -0.05) is 0 Å². The molecule has 0 unspecified atom stereocenters. The van der Waals surface area contributed by atoms with E-state index >= 15 is 0 Å². The number of likely N-dealkylation sites (N-methyl/N-ethyl adjacent to an activating group) is 1. The molecule has 0 atom stereocenters. The van der Waals surface area contributed by atoms with Gasteiger partial charge in [0.15, 0.2) is 0 Å². The smallest absolute Gasteiger partial charge is 0.105 e. The molecule has 4 heteroatoms. The third kappa shape index (κ3) is 3.89. The van der Waals surface area contributed by atoms with E-state index in [2.05, 4.69) is 33.9 Å². The molecule has 0 aliphatic rings. The van der Waals surface area contributed by atoms with Crippen molar-refractivity contribution in [3.63, 3.8) is 0 Å². The van der Waals surface area contributed by atoms with Gasteiger partial charge in [0.2, 0.25) is 0 Å². The molecule has 0 aromatic carbocycles. The van der Waals surface area contributed by atoms with Crippen LogP contribution in [-0.4, -0.2) is 48.2 Å². The molecule has 0 bridgehead atoms. The van der Waals surface area contributed by atoms with Crippen LogP contribution in [0.5, 0.6) is 0 Å². The molecule has 0 aliphatic heterocycles. The third-order valence-electron chi connectivity index (χ3n) is 2.19. The summed E-state index contributed by atoms with van der Waals surface area (Å²) in [5.41, 5.74) is 0. The Labute approximate surface area is 85.9 Å². The summed E-state index contributed by atoms with van der Waals surface area (Å²) in [7, 11) is 4.17. The molecule has 4 nitrogen and oxygen atoms in total. The highest BCUT2D eigenvalue weighted by molar-refractivity contribution is 4.88. The molecule has 1 aromatic rings. The second-order valence-corrected chi connectivity index (χ2v) is 3.72. The number of imidazole rings is 1. The highest BCUT2D eigenvalue weighted by Crippen LogP contribution is 1.92. The summed E-state index contributed by atoms with van der Waals surface area (Å²) < 4.78 is 2.16. The van der Waals surface area contributed by atoms with E-state index in [9.17, 15) is 0 Å². The molecule has 0 spiro atoms. The van der Waals surface area contributed by atoms with Crippen molar-refractivity contribution in [3.8, 4) is 0 Å². The molecule has 0 radical (unpaired) electrons. The highest BCUT2D eigenvalue weighted by Gasteiger charge is 1.95. The van der Waals surface area contributed by atoms with E-state index in [1.165, 1.54) is 0 Å². The first-order valence-corrected chi connectivity index (χ1v) is 5.03. The molecule has 0 fully saturated rings. The van der Waals surface area contributed by atoms with Gasteiger partial charge in [-0.05, 0) is 21.0 Å². The lowest BCUT2D eigenvalue weighted by atomic mass is 10.5. The maximum absolute atomic E-state index is 4.17. The van der Waals surface area contributed by atoms with Crippen molar-refractivity contribution in [2.75, 3.05) is 33.7 Å². The van der Waals surface area contributed by atoms with Crippen LogP contribution in [0.2, 0.25) is 0 Å². The Hall–Kier alpha value is -0.870. The lowest BCUT2D eigenvalue weighted by Crippen LogP contribution is -2.28. The van der Waals surface area contributed by atoms with Crippen molar-refractivity contribution in [1.29, 1.82) is 0 Å². The summed E-state index contributed by atoms with van der Waals surface area (Å²) in [5, 5.41) is 3.39. The minimum absolute atomic E-state index is 0.999. The maximum atomic E-state index is 4.17. The second kappa shape index (κ2) is 5.78. The van der Waals surface area contributed by atoms with Crippen LogP contribution in [0.1, 0.15) is 5.82 Å². The van der Waals surface area contributed by atoms with Gasteiger partial charge in [-0.15, -0.1) is 0 Å². The van der Waals surface area contributed by atoms with Crippen molar-refractivity contribution in [3.05, 3.63) is 18.2 Å². The van der Waals surface area contributed by atoms with Crippen LogP contribution < -0.4 is 5.32 Å². The first-order valence-electron chi connectivity index (χ1n) is 5.03. The summed E-state index contributed by atoms with van der Waals surface area (Å²) in [4.78, 5) is 6.35. The van der Waals surface area contributed by atoms with Gasteiger partial charge in [0, 0.05) is 38.6 Å². The van der Waals surface area contributed by atoms with Crippen LogP contribution in [-0.2, 0) is 6.54 Å². The van der Waals surface area contributed by atoms with E-state index in [0.717, 1.165) is 32.0 Å². The molecule has 1 N–H and O–H groups in total. The average Bonchev–Trinajstić information content (AvgIpc) is 2.51. The fourth-order valence-corrected chi connectivity index (χ4v) is 1.27. The number of hydrogen-bond acceptors (Lipinski definition) is 3. The number of hydrogen-bond donors (Lipinski definition) is 1. The quantitative estimate of drug-likeness (QED) is 0.666. The summed E-state index contributed by atoms with van der Waals surface area (Å²) in [6.45, 7) is 6.16. The fourth-order valence-electron chi connectivity index (χ4n) is 1.27. The average molecular weight is 196 g/mol. The monoisotopic (exact) mass is 196 g/mol. The molecule has 0 aliphatic carbocycles. The van der Waals surface area contributed by atoms with Gasteiger partial charge in [-0.2, -0.15) is 0 Å². The van der Waals surface area contributed by atoms with Crippen LogP contribution in [0.15, 0.2) is 12.4 Å². The van der Waals surface area contributed by atoms with Gasteiger partial charge in [-0.25, -0.2) is 4.98 Å². The van der Waals surface area contributed by atoms with Crippen molar-refractivity contribution in [1.82, 2.24) is 19.8 Å². The molecular formula is C10H20N4. The number of aromatic nitrogens is 2. The second-order valence-electron chi connectivity index (χ2n) is 3.72.